The SMILES string of the molecule is CC1(C(=O)N[C@@H]2CCCC[C@H]2O)COCC1N. The van der Waals surface area contributed by atoms with Crippen molar-refractivity contribution in [2.45, 2.75) is 50.8 Å². The molecule has 0 aromatic carbocycles. The van der Waals surface area contributed by atoms with Crippen LogP contribution < -0.4 is 11.1 Å². The van der Waals surface area contributed by atoms with Gasteiger partial charge in [-0.2, -0.15) is 0 Å². The lowest BCUT2D eigenvalue weighted by Crippen LogP contribution is -2.55. The lowest BCUT2D eigenvalue weighted by Gasteiger charge is -2.33. The van der Waals surface area contributed by atoms with Crippen molar-refractivity contribution in [2.75, 3.05) is 13.2 Å². The first-order valence-electron chi connectivity index (χ1n) is 6.36. The van der Waals surface area contributed by atoms with Gasteiger partial charge in [0.1, 0.15) is 0 Å². The van der Waals surface area contributed by atoms with Crippen LogP contribution in [0.25, 0.3) is 0 Å². The molecule has 2 fully saturated rings. The first-order valence-corrected chi connectivity index (χ1v) is 6.36. The molecule has 1 saturated carbocycles. The average molecular weight is 242 g/mol. The fraction of sp³-hybridized carbons (Fsp3) is 0.917. The zero-order chi connectivity index (χ0) is 12.5. The number of aliphatic hydroxyl groups excluding tert-OH is 1. The molecule has 0 radical (unpaired) electrons. The Balaban J connectivity index is 1.96. The second kappa shape index (κ2) is 4.92. The molecule has 0 aromatic heterocycles. The number of nitrogens with one attached hydrogen (secondary N) is 1. The summed E-state index contributed by atoms with van der Waals surface area (Å²) in [6.45, 7) is 2.62. The molecule has 0 aromatic rings. The Kier molecular flexibility index (Phi) is 3.70. The van der Waals surface area contributed by atoms with Crippen molar-refractivity contribution in [1.82, 2.24) is 5.32 Å². The first kappa shape index (κ1) is 12.8. The molecule has 2 unspecified atom stereocenters. The molecule has 1 saturated heterocycles. The topological polar surface area (TPSA) is 84.6 Å². The highest BCUT2D eigenvalue weighted by molar-refractivity contribution is 5.84. The predicted octanol–water partition coefficient (Wildman–Crippen LogP) is -0.230. The summed E-state index contributed by atoms with van der Waals surface area (Å²) >= 11 is 0. The Hall–Kier alpha value is -0.650. The van der Waals surface area contributed by atoms with Crippen LogP contribution in [-0.2, 0) is 9.53 Å². The molecule has 4 N–H and O–H groups in total. The van der Waals surface area contributed by atoms with Crippen molar-refractivity contribution in [2.24, 2.45) is 11.1 Å². The molecule has 1 aliphatic carbocycles. The molecule has 5 heteroatoms. The fourth-order valence-corrected chi connectivity index (χ4v) is 2.54. The van der Waals surface area contributed by atoms with Crippen LogP contribution in [-0.4, -0.2) is 42.4 Å². The van der Waals surface area contributed by atoms with Gasteiger partial charge >= 0.3 is 0 Å². The molecule has 98 valence electrons. The van der Waals surface area contributed by atoms with Crippen LogP contribution in [0.1, 0.15) is 32.6 Å². The van der Waals surface area contributed by atoms with Gasteiger partial charge in [-0.1, -0.05) is 12.8 Å². The molecule has 0 spiro atoms. The largest absolute Gasteiger partial charge is 0.391 e. The summed E-state index contributed by atoms with van der Waals surface area (Å²) in [6, 6.07) is -0.385. The molecule has 2 aliphatic rings. The average Bonchev–Trinajstić information content (AvgIpc) is 2.64. The highest BCUT2D eigenvalue weighted by atomic mass is 16.5. The molecule has 1 aliphatic heterocycles. The van der Waals surface area contributed by atoms with Crippen LogP contribution in [0.3, 0.4) is 0 Å². The van der Waals surface area contributed by atoms with E-state index in [1.807, 2.05) is 6.92 Å². The number of carbonyl (C=O) groups excluding carboxylic acids is 1. The van der Waals surface area contributed by atoms with Crippen LogP contribution in [0, 0.1) is 5.41 Å². The first-order chi connectivity index (χ1) is 8.04. The van der Waals surface area contributed by atoms with Crippen LogP contribution in [0.2, 0.25) is 0 Å². The quantitative estimate of drug-likeness (QED) is 0.624. The third-order valence-electron chi connectivity index (χ3n) is 4.08. The summed E-state index contributed by atoms with van der Waals surface area (Å²) in [5.74, 6) is -0.0894. The van der Waals surface area contributed by atoms with Crippen molar-refractivity contribution in [3.8, 4) is 0 Å². The van der Waals surface area contributed by atoms with Gasteiger partial charge < -0.3 is 20.9 Å². The second-order valence-corrected chi connectivity index (χ2v) is 5.47. The molecule has 2 rings (SSSR count). The minimum absolute atomic E-state index is 0.0894. The summed E-state index contributed by atoms with van der Waals surface area (Å²) in [6.07, 6.45) is 3.28. The Morgan fingerprint density at radius 1 is 1.47 bits per heavy atom. The molecular formula is C12H22N2O3. The zero-order valence-electron chi connectivity index (χ0n) is 10.3. The number of nitrogens with two attached hydrogens (primary N) is 1. The van der Waals surface area contributed by atoms with Crippen molar-refractivity contribution in [3.63, 3.8) is 0 Å². The van der Waals surface area contributed by atoms with Gasteiger partial charge in [0.2, 0.25) is 5.91 Å². The maximum absolute atomic E-state index is 12.2. The van der Waals surface area contributed by atoms with E-state index in [2.05, 4.69) is 5.32 Å². The van der Waals surface area contributed by atoms with E-state index in [-0.39, 0.29) is 18.0 Å². The number of ether oxygens (including phenoxy) is 1. The third kappa shape index (κ3) is 2.46. The van der Waals surface area contributed by atoms with Crippen molar-refractivity contribution < 1.29 is 14.6 Å². The fourth-order valence-electron chi connectivity index (χ4n) is 2.54. The Bertz CT molecular complexity index is 297. The van der Waals surface area contributed by atoms with Gasteiger partial charge in [-0.05, 0) is 19.8 Å². The Morgan fingerprint density at radius 2 is 2.18 bits per heavy atom. The van der Waals surface area contributed by atoms with Gasteiger partial charge in [0.15, 0.2) is 0 Å². The van der Waals surface area contributed by atoms with E-state index in [9.17, 15) is 9.90 Å². The summed E-state index contributed by atoms with van der Waals surface area (Å²) < 4.78 is 5.26. The smallest absolute Gasteiger partial charge is 0.230 e. The van der Waals surface area contributed by atoms with E-state index < -0.39 is 11.5 Å². The maximum atomic E-state index is 12.2. The van der Waals surface area contributed by atoms with Gasteiger partial charge in [0, 0.05) is 6.04 Å². The monoisotopic (exact) mass is 242 g/mol. The van der Waals surface area contributed by atoms with Crippen molar-refractivity contribution in [3.05, 3.63) is 0 Å². The maximum Gasteiger partial charge on any atom is 0.230 e. The van der Waals surface area contributed by atoms with Crippen LogP contribution >= 0.6 is 0 Å². The minimum atomic E-state index is -0.656. The molecule has 4 atom stereocenters. The molecule has 1 heterocycles. The lowest BCUT2D eigenvalue weighted by atomic mass is 9.83. The van der Waals surface area contributed by atoms with Crippen LogP contribution in [0.15, 0.2) is 0 Å². The standard InChI is InChI=1S/C12H22N2O3/c1-12(7-17-6-10(12)13)11(16)14-8-4-2-3-5-9(8)15/h8-10,15H,2-7,13H2,1H3,(H,14,16)/t8-,9-,10?,12?/m1/s1. The van der Waals surface area contributed by atoms with E-state index in [1.54, 1.807) is 0 Å². The lowest BCUT2D eigenvalue weighted by molar-refractivity contribution is -0.132. The summed E-state index contributed by atoms with van der Waals surface area (Å²) in [4.78, 5) is 12.2. The predicted molar refractivity (Wildman–Crippen MR) is 63.3 cm³/mol. The van der Waals surface area contributed by atoms with E-state index in [4.69, 9.17) is 10.5 Å². The van der Waals surface area contributed by atoms with E-state index in [0.29, 0.717) is 13.2 Å². The second-order valence-electron chi connectivity index (χ2n) is 5.47. The Morgan fingerprint density at radius 3 is 2.76 bits per heavy atom. The van der Waals surface area contributed by atoms with E-state index in [1.165, 1.54) is 0 Å². The van der Waals surface area contributed by atoms with Gasteiger partial charge in [-0.15, -0.1) is 0 Å². The minimum Gasteiger partial charge on any atom is -0.391 e. The number of aliphatic hydroxyl groups is 1. The highest BCUT2D eigenvalue weighted by Gasteiger charge is 2.45. The molecule has 5 nitrogen and oxygen atoms in total. The van der Waals surface area contributed by atoms with Crippen LogP contribution in [0.4, 0.5) is 0 Å². The number of carbonyl (C=O) groups is 1. The molecule has 0 bridgehead atoms. The van der Waals surface area contributed by atoms with Crippen molar-refractivity contribution in [1.29, 1.82) is 0 Å². The van der Waals surface area contributed by atoms with Crippen LogP contribution in [0.5, 0.6) is 0 Å². The number of amides is 1. The summed E-state index contributed by atoms with van der Waals surface area (Å²) in [5, 5.41) is 12.8. The van der Waals surface area contributed by atoms with Gasteiger partial charge in [-0.25, -0.2) is 0 Å². The van der Waals surface area contributed by atoms with Gasteiger partial charge in [-0.3, -0.25) is 4.79 Å². The van der Waals surface area contributed by atoms with E-state index >= 15 is 0 Å². The molecular weight excluding hydrogens is 220 g/mol. The zero-order valence-corrected chi connectivity index (χ0v) is 10.3. The molecule has 1 amide bonds. The van der Waals surface area contributed by atoms with Gasteiger partial charge in [0.25, 0.3) is 0 Å². The normalized spacial score (nSPS) is 42.4. The summed E-state index contributed by atoms with van der Waals surface area (Å²) in [5.41, 5.74) is 5.25. The van der Waals surface area contributed by atoms with E-state index in [0.717, 1.165) is 25.7 Å². The Labute approximate surface area is 102 Å². The van der Waals surface area contributed by atoms with Gasteiger partial charge in [0.05, 0.1) is 30.8 Å². The summed E-state index contributed by atoms with van der Waals surface area (Å²) in [7, 11) is 0. The third-order valence-corrected chi connectivity index (χ3v) is 4.08. The number of rotatable bonds is 2. The highest BCUT2D eigenvalue weighted by Crippen LogP contribution is 2.28. The number of hydrogen-bond donors (Lipinski definition) is 3. The van der Waals surface area contributed by atoms with Crippen molar-refractivity contribution >= 4 is 5.91 Å². The molecule has 17 heavy (non-hydrogen) atoms. The number of hydrogen-bond acceptors (Lipinski definition) is 4.